The van der Waals surface area contributed by atoms with Gasteiger partial charge < -0.3 is 11.1 Å². The highest BCUT2D eigenvalue weighted by Gasteiger charge is 2.19. The van der Waals surface area contributed by atoms with Gasteiger partial charge in [-0.25, -0.2) is 0 Å². The van der Waals surface area contributed by atoms with Gasteiger partial charge in [-0.05, 0) is 19.0 Å². The molecule has 0 aliphatic rings. The predicted octanol–water partition coefficient (Wildman–Crippen LogP) is 1.51. The number of benzene rings is 1. The van der Waals surface area contributed by atoms with E-state index in [-0.39, 0.29) is 11.8 Å². The fraction of sp³-hybridized carbons (Fsp3) is 0.467. The maximum Gasteiger partial charge on any atom is 0.234 e. The minimum absolute atomic E-state index is 0.0272. The lowest BCUT2D eigenvalue weighted by molar-refractivity contribution is -0.122. The standard InChI is InChI=1S/C15H23N3OS/c1-3-17-14(19)11-18(4-2)10-13(15(16)20)12-8-6-5-7-9-12/h5-9,13H,3-4,10-11H2,1-2H3,(H2,16,20)(H,17,19). The van der Waals surface area contributed by atoms with Crippen LogP contribution in [0, 0.1) is 0 Å². The number of hydrogen-bond acceptors (Lipinski definition) is 3. The third-order valence-electron chi connectivity index (χ3n) is 3.17. The van der Waals surface area contributed by atoms with E-state index in [1.807, 2.05) is 44.2 Å². The van der Waals surface area contributed by atoms with Crippen molar-refractivity contribution < 1.29 is 4.79 Å². The van der Waals surface area contributed by atoms with Crippen molar-refractivity contribution in [3.8, 4) is 0 Å². The Kier molecular flexibility index (Phi) is 7.18. The molecule has 1 aromatic rings. The summed E-state index contributed by atoms with van der Waals surface area (Å²) in [7, 11) is 0. The fourth-order valence-corrected chi connectivity index (χ4v) is 2.28. The van der Waals surface area contributed by atoms with Crippen LogP contribution < -0.4 is 11.1 Å². The van der Waals surface area contributed by atoms with E-state index in [1.54, 1.807) is 0 Å². The van der Waals surface area contributed by atoms with Crippen molar-refractivity contribution in [2.45, 2.75) is 19.8 Å². The van der Waals surface area contributed by atoms with E-state index in [0.29, 0.717) is 24.6 Å². The van der Waals surface area contributed by atoms with Gasteiger partial charge in [-0.2, -0.15) is 0 Å². The quantitative estimate of drug-likeness (QED) is 0.714. The van der Waals surface area contributed by atoms with Crippen LogP contribution in [0.5, 0.6) is 0 Å². The van der Waals surface area contributed by atoms with Crippen molar-refractivity contribution in [1.29, 1.82) is 0 Å². The maximum atomic E-state index is 11.7. The Hall–Kier alpha value is -1.46. The molecule has 1 amide bonds. The van der Waals surface area contributed by atoms with Gasteiger partial charge in [0, 0.05) is 19.0 Å². The smallest absolute Gasteiger partial charge is 0.234 e. The lowest BCUT2D eigenvalue weighted by Crippen LogP contribution is -2.41. The highest BCUT2D eigenvalue weighted by atomic mass is 32.1. The molecule has 0 aliphatic carbocycles. The Labute approximate surface area is 126 Å². The molecule has 20 heavy (non-hydrogen) atoms. The third kappa shape index (κ3) is 5.27. The van der Waals surface area contributed by atoms with Gasteiger partial charge in [0.15, 0.2) is 0 Å². The molecule has 0 fully saturated rings. The summed E-state index contributed by atoms with van der Waals surface area (Å²) < 4.78 is 0. The summed E-state index contributed by atoms with van der Waals surface area (Å²) in [4.78, 5) is 14.2. The van der Waals surface area contributed by atoms with Gasteiger partial charge in [0.2, 0.25) is 5.91 Å². The van der Waals surface area contributed by atoms with Crippen LogP contribution in [-0.4, -0.2) is 42.0 Å². The summed E-state index contributed by atoms with van der Waals surface area (Å²) in [5, 5.41) is 2.81. The van der Waals surface area contributed by atoms with E-state index < -0.39 is 0 Å². The van der Waals surface area contributed by atoms with E-state index in [9.17, 15) is 4.79 Å². The van der Waals surface area contributed by atoms with Gasteiger partial charge >= 0.3 is 0 Å². The zero-order valence-corrected chi connectivity index (χ0v) is 13.0. The van der Waals surface area contributed by atoms with Gasteiger partial charge in [0.05, 0.1) is 11.5 Å². The molecule has 0 bridgehead atoms. The molecule has 1 rings (SSSR count). The number of nitrogens with one attached hydrogen (secondary N) is 1. The van der Waals surface area contributed by atoms with Crippen molar-refractivity contribution >= 4 is 23.1 Å². The Morgan fingerprint density at radius 3 is 2.50 bits per heavy atom. The van der Waals surface area contributed by atoms with Crippen molar-refractivity contribution in [3.05, 3.63) is 35.9 Å². The zero-order valence-electron chi connectivity index (χ0n) is 12.1. The van der Waals surface area contributed by atoms with Crippen LogP contribution in [0.2, 0.25) is 0 Å². The Morgan fingerprint density at radius 2 is 2.00 bits per heavy atom. The molecule has 0 saturated heterocycles. The summed E-state index contributed by atoms with van der Waals surface area (Å²) in [6.07, 6.45) is 0. The second kappa shape index (κ2) is 8.66. The van der Waals surface area contributed by atoms with Crippen molar-refractivity contribution in [2.75, 3.05) is 26.2 Å². The largest absolute Gasteiger partial charge is 0.393 e. The van der Waals surface area contributed by atoms with Crippen LogP contribution in [0.4, 0.5) is 0 Å². The molecular weight excluding hydrogens is 270 g/mol. The first kappa shape index (κ1) is 16.6. The molecule has 3 N–H and O–H groups in total. The number of carbonyl (C=O) groups excluding carboxylic acids is 1. The third-order valence-corrected chi connectivity index (χ3v) is 3.46. The molecule has 0 heterocycles. The van der Waals surface area contributed by atoms with Crippen LogP contribution in [0.25, 0.3) is 0 Å². The van der Waals surface area contributed by atoms with Crippen LogP contribution in [0.15, 0.2) is 30.3 Å². The van der Waals surface area contributed by atoms with E-state index >= 15 is 0 Å². The summed E-state index contributed by atoms with van der Waals surface area (Å²) >= 11 is 5.18. The van der Waals surface area contributed by atoms with Gasteiger partial charge in [-0.1, -0.05) is 49.5 Å². The molecule has 0 saturated carbocycles. The first-order chi connectivity index (χ1) is 9.58. The molecule has 0 spiro atoms. The average Bonchev–Trinajstić information content (AvgIpc) is 2.44. The van der Waals surface area contributed by atoms with E-state index in [2.05, 4.69) is 10.2 Å². The predicted molar refractivity (Wildman–Crippen MR) is 86.8 cm³/mol. The molecule has 0 aromatic heterocycles. The van der Waals surface area contributed by atoms with Gasteiger partial charge in [0.25, 0.3) is 0 Å². The normalized spacial score (nSPS) is 12.2. The van der Waals surface area contributed by atoms with Crippen LogP contribution in [0.1, 0.15) is 25.3 Å². The minimum atomic E-state index is -0.0272. The monoisotopic (exact) mass is 293 g/mol. The first-order valence-electron chi connectivity index (χ1n) is 6.91. The van der Waals surface area contributed by atoms with Crippen molar-refractivity contribution in [3.63, 3.8) is 0 Å². The number of thiocarbonyl (C=S) groups is 1. The van der Waals surface area contributed by atoms with Gasteiger partial charge in [-0.15, -0.1) is 0 Å². The number of hydrogen-bond donors (Lipinski definition) is 2. The van der Waals surface area contributed by atoms with Crippen LogP contribution in [-0.2, 0) is 4.79 Å². The number of rotatable bonds is 8. The number of nitrogens with zero attached hydrogens (tertiary/aromatic N) is 1. The molecule has 1 unspecified atom stereocenters. The molecule has 110 valence electrons. The van der Waals surface area contributed by atoms with E-state index in [4.69, 9.17) is 18.0 Å². The Morgan fingerprint density at radius 1 is 1.35 bits per heavy atom. The molecule has 4 nitrogen and oxygen atoms in total. The van der Waals surface area contributed by atoms with Gasteiger partial charge in [0.1, 0.15) is 0 Å². The minimum Gasteiger partial charge on any atom is -0.393 e. The summed E-state index contributed by atoms with van der Waals surface area (Å²) in [5.74, 6) is 0.00433. The van der Waals surface area contributed by atoms with Gasteiger partial charge in [-0.3, -0.25) is 9.69 Å². The average molecular weight is 293 g/mol. The summed E-state index contributed by atoms with van der Waals surface area (Å²) in [6, 6.07) is 9.95. The fourth-order valence-electron chi connectivity index (χ4n) is 2.06. The summed E-state index contributed by atoms with van der Waals surface area (Å²) in [6.45, 7) is 6.40. The number of nitrogens with two attached hydrogens (primary N) is 1. The molecule has 0 radical (unpaired) electrons. The maximum absolute atomic E-state index is 11.7. The van der Waals surface area contributed by atoms with Crippen molar-refractivity contribution in [2.24, 2.45) is 5.73 Å². The number of likely N-dealkylation sites (N-methyl/N-ethyl adjacent to an activating group) is 2. The lowest BCUT2D eigenvalue weighted by Gasteiger charge is -2.25. The second-order valence-electron chi connectivity index (χ2n) is 4.65. The highest BCUT2D eigenvalue weighted by Crippen LogP contribution is 2.17. The van der Waals surface area contributed by atoms with Crippen molar-refractivity contribution in [1.82, 2.24) is 10.2 Å². The number of amides is 1. The number of carbonyl (C=O) groups is 1. The molecule has 5 heteroatoms. The zero-order chi connectivity index (χ0) is 15.0. The summed E-state index contributed by atoms with van der Waals surface area (Å²) in [5.41, 5.74) is 6.96. The SMILES string of the molecule is CCNC(=O)CN(CC)CC(C(N)=S)c1ccccc1. The lowest BCUT2D eigenvalue weighted by atomic mass is 9.98. The first-order valence-corrected chi connectivity index (χ1v) is 7.32. The van der Waals surface area contributed by atoms with Crippen LogP contribution >= 0.6 is 12.2 Å². The van der Waals surface area contributed by atoms with E-state index in [1.165, 1.54) is 0 Å². The Balaban J connectivity index is 2.73. The molecule has 0 aliphatic heterocycles. The highest BCUT2D eigenvalue weighted by molar-refractivity contribution is 7.80. The second-order valence-corrected chi connectivity index (χ2v) is 5.12. The molecule has 1 atom stereocenters. The van der Waals surface area contributed by atoms with E-state index in [0.717, 1.165) is 12.1 Å². The molecular formula is C15H23N3OS. The Bertz CT molecular complexity index is 436. The molecule has 1 aromatic carbocycles. The topological polar surface area (TPSA) is 58.4 Å². The van der Waals surface area contributed by atoms with Crippen LogP contribution in [0.3, 0.4) is 0 Å².